The van der Waals surface area contributed by atoms with Gasteiger partial charge in [-0.25, -0.2) is 0 Å². The van der Waals surface area contributed by atoms with E-state index in [4.69, 9.17) is 9.47 Å². The molecule has 1 N–H and O–H groups in total. The smallest absolute Gasteiger partial charge is 0.161 e. The maximum Gasteiger partial charge on any atom is 0.161 e. The van der Waals surface area contributed by atoms with E-state index in [1.54, 1.807) is 6.08 Å². The van der Waals surface area contributed by atoms with Gasteiger partial charge < -0.3 is 14.8 Å². The molecule has 0 unspecified atom stereocenters. The Balaban J connectivity index is 2.46. The van der Waals surface area contributed by atoms with Crippen LogP contribution in [0.1, 0.15) is 6.92 Å². The van der Waals surface area contributed by atoms with Gasteiger partial charge in [-0.3, -0.25) is 0 Å². The molecule has 0 heterocycles. The largest absolute Gasteiger partial charge is 0.488 e. The van der Waals surface area contributed by atoms with Crippen LogP contribution in [0, 0.1) is 0 Å². The highest BCUT2D eigenvalue weighted by Gasteiger charge is 2.02. The zero-order valence-corrected chi connectivity index (χ0v) is 9.74. The van der Waals surface area contributed by atoms with Crippen LogP contribution in [0.5, 0.6) is 11.5 Å². The van der Waals surface area contributed by atoms with Crippen molar-refractivity contribution in [1.29, 1.82) is 0 Å². The molecule has 3 heteroatoms. The van der Waals surface area contributed by atoms with Gasteiger partial charge in [0.15, 0.2) is 11.5 Å². The lowest BCUT2D eigenvalue weighted by Gasteiger charge is -2.11. The van der Waals surface area contributed by atoms with Crippen molar-refractivity contribution in [3.8, 4) is 11.5 Å². The van der Waals surface area contributed by atoms with Gasteiger partial charge >= 0.3 is 0 Å². The molecule has 88 valence electrons. The molecule has 0 bridgehead atoms. The molecule has 0 spiro atoms. The normalized spacial score (nSPS) is 9.81. The molecule has 1 aromatic carbocycles. The summed E-state index contributed by atoms with van der Waals surface area (Å²) in [7, 11) is 0. The number of benzene rings is 1. The predicted molar refractivity (Wildman–Crippen MR) is 66.2 cm³/mol. The first-order valence-corrected chi connectivity index (χ1v) is 5.54. The highest BCUT2D eigenvalue weighted by molar-refractivity contribution is 5.39. The second-order valence-electron chi connectivity index (χ2n) is 3.25. The van der Waals surface area contributed by atoms with Gasteiger partial charge in [-0.15, -0.1) is 0 Å². The third-order valence-electron chi connectivity index (χ3n) is 1.99. The second-order valence-corrected chi connectivity index (χ2v) is 3.25. The van der Waals surface area contributed by atoms with Gasteiger partial charge in [0.05, 0.1) is 0 Å². The number of nitrogens with one attached hydrogen (secondary N) is 1. The maximum atomic E-state index is 5.61. The maximum absolute atomic E-state index is 5.61. The van der Waals surface area contributed by atoms with Crippen molar-refractivity contribution in [3.05, 3.63) is 36.9 Å². The zero-order valence-electron chi connectivity index (χ0n) is 9.74. The molecule has 16 heavy (non-hydrogen) atoms. The van der Waals surface area contributed by atoms with Crippen molar-refractivity contribution in [1.82, 2.24) is 5.32 Å². The summed E-state index contributed by atoms with van der Waals surface area (Å²) in [5.74, 6) is 1.54. The molecule has 0 atom stereocenters. The van der Waals surface area contributed by atoms with Crippen LogP contribution >= 0.6 is 0 Å². The Hall–Kier alpha value is -1.48. The Morgan fingerprint density at radius 2 is 1.94 bits per heavy atom. The first kappa shape index (κ1) is 12.6. The molecule has 0 amide bonds. The minimum Gasteiger partial charge on any atom is -0.488 e. The van der Waals surface area contributed by atoms with Crippen LogP contribution in [0.15, 0.2) is 36.9 Å². The number of para-hydroxylation sites is 2. The van der Waals surface area contributed by atoms with Crippen LogP contribution in [-0.4, -0.2) is 26.3 Å². The van der Waals surface area contributed by atoms with Gasteiger partial charge in [0.1, 0.15) is 13.2 Å². The fraction of sp³-hybridized carbons (Fsp3) is 0.385. The van der Waals surface area contributed by atoms with Crippen molar-refractivity contribution in [2.45, 2.75) is 6.92 Å². The van der Waals surface area contributed by atoms with Crippen LogP contribution < -0.4 is 14.8 Å². The first-order valence-electron chi connectivity index (χ1n) is 5.54. The quantitative estimate of drug-likeness (QED) is 0.539. The van der Waals surface area contributed by atoms with E-state index in [2.05, 4.69) is 18.8 Å². The van der Waals surface area contributed by atoms with E-state index >= 15 is 0 Å². The molecular formula is C13H19NO2. The fourth-order valence-electron chi connectivity index (χ4n) is 1.25. The summed E-state index contributed by atoms with van der Waals surface area (Å²) in [6.07, 6.45) is 1.72. The van der Waals surface area contributed by atoms with Crippen LogP contribution in [0.25, 0.3) is 0 Å². The Bertz CT molecular complexity index is 313. The molecule has 1 aromatic rings. The predicted octanol–water partition coefficient (Wildman–Crippen LogP) is 2.24. The number of hydrogen-bond donors (Lipinski definition) is 1. The average Bonchev–Trinajstić information content (AvgIpc) is 2.33. The van der Waals surface area contributed by atoms with Gasteiger partial charge in [0.25, 0.3) is 0 Å². The summed E-state index contributed by atoms with van der Waals surface area (Å²) in [6.45, 7) is 8.62. The molecule has 0 aromatic heterocycles. The monoisotopic (exact) mass is 221 g/mol. The van der Waals surface area contributed by atoms with Gasteiger partial charge in [0.2, 0.25) is 0 Å². The van der Waals surface area contributed by atoms with Crippen LogP contribution in [-0.2, 0) is 0 Å². The van der Waals surface area contributed by atoms with Crippen LogP contribution in [0.4, 0.5) is 0 Å². The van der Waals surface area contributed by atoms with Crippen molar-refractivity contribution in [3.63, 3.8) is 0 Å². The van der Waals surface area contributed by atoms with Gasteiger partial charge in [-0.1, -0.05) is 31.7 Å². The third kappa shape index (κ3) is 4.36. The first-order chi connectivity index (χ1) is 7.88. The summed E-state index contributed by atoms with van der Waals surface area (Å²) in [5, 5.41) is 3.20. The highest BCUT2D eigenvalue weighted by Crippen LogP contribution is 2.26. The summed E-state index contributed by atoms with van der Waals surface area (Å²) >= 11 is 0. The Labute approximate surface area is 97.1 Å². The lowest BCUT2D eigenvalue weighted by molar-refractivity contribution is 0.283. The van der Waals surface area contributed by atoms with Crippen molar-refractivity contribution >= 4 is 0 Å². The Morgan fingerprint density at radius 3 is 2.56 bits per heavy atom. The van der Waals surface area contributed by atoms with E-state index in [1.165, 1.54) is 0 Å². The summed E-state index contributed by atoms with van der Waals surface area (Å²) in [6, 6.07) is 7.66. The van der Waals surface area contributed by atoms with Gasteiger partial charge in [0, 0.05) is 6.54 Å². The van der Waals surface area contributed by atoms with Crippen molar-refractivity contribution in [2.24, 2.45) is 0 Å². The van der Waals surface area contributed by atoms with Gasteiger partial charge in [-0.05, 0) is 18.7 Å². The number of hydrogen-bond acceptors (Lipinski definition) is 3. The topological polar surface area (TPSA) is 30.5 Å². The molecule has 0 radical (unpaired) electrons. The number of rotatable bonds is 8. The van der Waals surface area contributed by atoms with E-state index in [-0.39, 0.29) is 0 Å². The lowest BCUT2D eigenvalue weighted by atomic mass is 10.3. The van der Waals surface area contributed by atoms with E-state index in [0.717, 1.165) is 24.6 Å². The molecule has 0 saturated carbocycles. The lowest BCUT2D eigenvalue weighted by Crippen LogP contribution is -2.20. The van der Waals surface area contributed by atoms with Gasteiger partial charge in [-0.2, -0.15) is 0 Å². The second kappa shape index (κ2) is 7.77. The van der Waals surface area contributed by atoms with E-state index in [0.29, 0.717) is 13.2 Å². The van der Waals surface area contributed by atoms with E-state index in [9.17, 15) is 0 Å². The molecular weight excluding hydrogens is 202 g/mol. The average molecular weight is 221 g/mol. The standard InChI is InChI=1S/C13H19NO2/c1-3-10-15-12-7-5-6-8-13(12)16-11-9-14-4-2/h3,5-8,14H,1,4,9-11H2,2H3. The van der Waals surface area contributed by atoms with E-state index < -0.39 is 0 Å². The van der Waals surface area contributed by atoms with Crippen molar-refractivity contribution in [2.75, 3.05) is 26.3 Å². The third-order valence-corrected chi connectivity index (χ3v) is 1.99. The summed E-state index contributed by atoms with van der Waals surface area (Å²) in [4.78, 5) is 0. The Morgan fingerprint density at radius 1 is 1.25 bits per heavy atom. The molecule has 0 aliphatic rings. The molecule has 0 aliphatic heterocycles. The van der Waals surface area contributed by atoms with Crippen LogP contribution in [0.2, 0.25) is 0 Å². The number of ether oxygens (including phenoxy) is 2. The molecule has 0 aliphatic carbocycles. The molecule has 0 saturated heterocycles. The fourth-order valence-corrected chi connectivity index (χ4v) is 1.25. The van der Waals surface area contributed by atoms with Crippen molar-refractivity contribution < 1.29 is 9.47 Å². The SMILES string of the molecule is C=CCOc1ccccc1OCCNCC. The summed E-state index contributed by atoms with van der Waals surface area (Å²) in [5.41, 5.74) is 0. The Kier molecular flexibility index (Phi) is 6.11. The molecule has 1 rings (SSSR count). The molecule has 3 nitrogen and oxygen atoms in total. The summed E-state index contributed by atoms with van der Waals surface area (Å²) < 4.78 is 11.1. The van der Waals surface area contributed by atoms with Crippen LogP contribution in [0.3, 0.4) is 0 Å². The molecule has 0 fully saturated rings. The number of likely N-dealkylation sites (N-methyl/N-ethyl adjacent to an activating group) is 1. The van der Waals surface area contributed by atoms with E-state index in [1.807, 2.05) is 24.3 Å². The minimum atomic E-state index is 0.494. The highest BCUT2D eigenvalue weighted by atomic mass is 16.5. The minimum absolute atomic E-state index is 0.494. The zero-order chi connectivity index (χ0) is 11.6.